The van der Waals surface area contributed by atoms with Crippen LogP contribution in [0.15, 0.2) is 18.2 Å². The van der Waals surface area contributed by atoms with Gasteiger partial charge in [0.25, 0.3) is 0 Å². The SMILES string of the molecule is COC(=O)c1[nH]c2cccc(OC)c2c1NC(=O)CN1CCN(C)CC1. The summed E-state index contributed by atoms with van der Waals surface area (Å²) in [5.74, 6) is -0.145. The highest BCUT2D eigenvalue weighted by Crippen LogP contribution is 2.35. The smallest absolute Gasteiger partial charge is 0.356 e. The van der Waals surface area contributed by atoms with Crippen molar-refractivity contribution in [3.63, 3.8) is 0 Å². The highest BCUT2D eigenvalue weighted by atomic mass is 16.5. The molecule has 2 heterocycles. The predicted molar refractivity (Wildman–Crippen MR) is 98.8 cm³/mol. The number of rotatable bonds is 5. The van der Waals surface area contributed by atoms with Gasteiger partial charge in [-0.1, -0.05) is 6.07 Å². The number of amides is 1. The molecule has 3 rings (SSSR count). The molecule has 2 N–H and O–H groups in total. The number of aromatic amines is 1. The predicted octanol–water partition coefficient (Wildman–Crippen LogP) is 1.15. The lowest BCUT2D eigenvalue weighted by Gasteiger charge is -2.31. The molecule has 0 spiro atoms. The normalized spacial score (nSPS) is 15.8. The Balaban J connectivity index is 1.87. The Hall–Kier alpha value is -2.58. The van der Waals surface area contributed by atoms with Gasteiger partial charge in [0.15, 0.2) is 0 Å². The maximum absolute atomic E-state index is 12.6. The molecule has 0 aliphatic carbocycles. The van der Waals surface area contributed by atoms with E-state index in [0.717, 1.165) is 26.2 Å². The summed E-state index contributed by atoms with van der Waals surface area (Å²) in [6.45, 7) is 3.81. The van der Waals surface area contributed by atoms with E-state index in [1.54, 1.807) is 13.2 Å². The second kappa shape index (κ2) is 7.76. The Morgan fingerprint density at radius 3 is 2.58 bits per heavy atom. The lowest BCUT2D eigenvalue weighted by molar-refractivity contribution is -0.117. The Morgan fingerprint density at radius 1 is 1.19 bits per heavy atom. The highest BCUT2D eigenvalue weighted by molar-refractivity contribution is 6.13. The number of likely N-dealkylation sites (N-methyl/N-ethyl adjacent to an activating group) is 1. The molecule has 0 unspecified atom stereocenters. The van der Waals surface area contributed by atoms with E-state index in [4.69, 9.17) is 9.47 Å². The third-order valence-electron chi connectivity index (χ3n) is 4.62. The molecule has 1 saturated heterocycles. The first-order valence-electron chi connectivity index (χ1n) is 8.51. The fourth-order valence-corrected chi connectivity index (χ4v) is 3.15. The fraction of sp³-hybridized carbons (Fsp3) is 0.444. The number of hydrogen-bond donors (Lipinski definition) is 2. The van der Waals surface area contributed by atoms with Crippen molar-refractivity contribution in [3.05, 3.63) is 23.9 Å². The Labute approximate surface area is 152 Å². The van der Waals surface area contributed by atoms with E-state index in [-0.39, 0.29) is 18.1 Å². The Kier molecular flexibility index (Phi) is 5.43. The van der Waals surface area contributed by atoms with E-state index in [0.29, 0.717) is 22.3 Å². The summed E-state index contributed by atoms with van der Waals surface area (Å²) < 4.78 is 10.2. The van der Waals surface area contributed by atoms with Crippen LogP contribution in [0.5, 0.6) is 5.75 Å². The van der Waals surface area contributed by atoms with Crippen molar-refractivity contribution in [2.75, 3.05) is 59.3 Å². The van der Waals surface area contributed by atoms with Crippen molar-refractivity contribution in [3.8, 4) is 5.75 Å². The van der Waals surface area contributed by atoms with E-state index in [1.807, 2.05) is 12.1 Å². The number of anilines is 1. The molecule has 1 aliphatic rings. The van der Waals surface area contributed by atoms with Gasteiger partial charge < -0.3 is 24.7 Å². The Bertz CT molecular complexity index is 809. The number of benzene rings is 1. The summed E-state index contributed by atoms with van der Waals surface area (Å²) in [5, 5.41) is 3.53. The number of carbonyl (C=O) groups is 2. The monoisotopic (exact) mass is 360 g/mol. The van der Waals surface area contributed by atoms with Gasteiger partial charge in [-0.25, -0.2) is 4.79 Å². The number of nitrogens with one attached hydrogen (secondary N) is 2. The van der Waals surface area contributed by atoms with Crippen LogP contribution in [-0.2, 0) is 9.53 Å². The summed E-state index contributed by atoms with van der Waals surface area (Å²) in [6.07, 6.45) is 0. The van der Waals surface area contributed by atoms with Crippen molar-refractivity contribution in [2.45, 2.75) is 0 Å². The van der Waals surface area contributed by atoms with Crippen LogP contribution in [0.25, 0.3) is 10.9 Å². The number of hydrogen-bond acceptors (Lipinski definition) is 6. The maximum Gasteiger partial charge on any atom is 0.356 e. The maximum atomic E-state index is 12.6. The molecule has 26 heavy (non-hydrogen) atoms. The van der Waals surface area contributed by atoms with Crippen molar-refractivity contribution >= 4 is 28.5 Å². The van der Waals surface area contributed by atoms with Crippen LogP contribution >= 0.6 is 0 Å². The molecule has 1 fully saturated rings. The van der Waals surface area contributed by atoms with Crippen LogP contribution in [0.1, 0.15) is 10.5 Å². The molecule has 0 radical (unpaired) electrons. The molecule has 1 aliphatic heterocycles. The topological polar surface area (TPSA) is 86.9 Å². The summed E-state index contributed by atoms with van der Waals surface area (Å²) in [4.78, 5) is 32.1. The van der Waals surface area contributed by atoms with Gasteiger partial charge in [0.05, 0.1) is 37.4 Å². The first kappa shape index (κ1) is 18.2. The van der Waals surface area contributed by atoms with Crippen LogP contribution in [0.3, 0.4) is 0 Å². The number of esters is 1. The van der Waals surface area contributed by atoms with Crippen LogP contribution in [-0.4, -0.2) is 80.7 Å². The molecular formula is C18H24N4O4. The van der Waals surface area contributed by atoms with E-state index >= 15 is 0 Å². The van der Waals surface area contributed by atoms with Gasteiger partial charge >= 0.3 is 5.97 Å². The molecule has 1 aromatic heterocycles. The number of piperazine rings is 1. The first-order chi connectivity index (χ1) is 12.5. The zero-order chi connectivity index (χ0) is 18.7. The zero-order valence-electron chi connectivity index (χ0n) is 15.3. The van der Waals surface area contributed by atoms with E-state index < -0.39 is 5.97 Å². The number of carbonyl (C=O) groups excluding carboxylic acids is 2. The average molecular weight is 360 g/mol. The highest BCUT2D eigenvalue weighted by Gasteiger charge is 2.24. The second-order valence-corrected chi connectivity index (χ2v) is 6.38. The van der Waals surface area contributed by atoms with Crippen LogP contribution in [0.2, 0.25) is 0 Å². The molecule has 1 amide bonds. The average Bonchev–Trinajstić information content (AvgIpc) is 3.01. The fourth-order valence-electron chi connectivity index (χ4n) is 3.15. The van der Waals surface area contributed by atoms with Crippen molar-refractivity contribution in [1.29, 1.82) is 0 Å². The molecule has 0 atom stereocenters. The molecule has 0 bridgehead atoms. The lowest BCUT2D eigenvalue weighted by Crippen LogP contribution is -2.47. The van der Waals surface area contributed by atoms with Gasteiger partial charge in [-0.15, -0.1) is 0 Å². The molecule has 0 saturated carbocycles. The van der Waals surface area contributed by atoms with Crippen LogP contribution < -0.4 is 10.1 Å². The zero-order valence-corrected chi connectivity index (χ0v) is 15.3. The third kappa shape index (κ3) is 3.66. The number of nitrogens with zero attached hydrogens (tertiary/aromatic N) is 2. The molecule has 1 aromatic carbocycles. The summed E-state index contributed by atoms with van der Waals surface area (Å²) in [5.41, 5.74) is 1.29. The number of aromatic nitrogens is 1. The molecular weight excluding hydrogens is 336 g/mol. The van der Waals surface area contributed by atoms with E-state index in [2.05, 4.69) is 27.1 Å². The number of ether oxygens (including phenoxy) is 2. The standard InChI is InChI=1S/C18H24N4O4/c1-21-7-9-22(10-8-21)11-14(23)20-16-15-12(5-4-6-13(15)25-2)19-17(16)18(24)26-3/h4-6,19H,7-11H2,1-3H3,(H,20,23). The number of methoxy groups -OCH3 is 2. The van der Waals surface area contributed by atoms with Gasteiger partial charge in [-0.2, -0.15) is 0 Å². The molecule has 8 nitrogen and oxygen atoms in total. The van der Waals surface area contributed by atoms with Gasteiger partial charge in [0.2, 0.25) is 5.91 Å². The minimum Gasteiger partial charge on any atom is -0.496 e. The molecule has 8 heteroatoms. The van der Waals surface area contributed by atoms with Gasteiger partial charge in [0.1, 0.15) is 11.4 Å². The van der Waals surface area contributed by atoms with Gasteiger partial charge in [-0.3, -0.25) is 9.69 Å². The minimum absolute atomic E-state index is 0.175. The summed E-state index contributed by atoms with van der Waals surface area (Å²) >= 11 is 0. The summed E-state index contributed by atoms with van der Waals surface area (Å²) in [6, 6.07) is 5.42. The quantitative estimate of drug-likeness (QED) is 0.778. The number of H-pyrrole nitrogens is 1. The first-order valence-corrected chi connectivity index (χ1v) is 8.51. The molecule has 140 valence electrons. The van der Waals surface area contributed by atoms with E-state index in [9.17, 15) is 9.59 Å². The van der Waals surface area contributed by atoms with Crippen molar-refractivity contribution in [1.82, 2.24) is 14.8 Å². The van der Waals surface area contributed by atoms with Gasteiger partial charge in [0, 0.05) is 26.2 Å². The largest absolute Gasteiger partial charge is 0.496 e. The van der Waals surface area contributed by atoms with Gasteiger partial charge in [-0.05, 0) is 19.2 Å². The van der Waals surface area contributed by atoms with Crippen LogP contribution in [0, 0.1) is 0 Å². The van der Waals surface area contributed by atoms with Crippen molar-refractivity contribution < 1.29 is 19.1 Å². The van der Waals surface area contributed by atoms with Crippen molar-refractivity contribution in [2.24, 2.45) is 0 Å². The number of fused-ring (bicyclic) bond motifs is 1. The molecule has 2 aromatic rings. The lowest BCUT2D eigenvalue weighted by atomic mass is 10.2. The van der Waals surface area contributed by atoms with E-state index in [1.165, 1.54) is 7.11 Å². The Morgan fingerprint density at radius 2 is 1.92 bits per heavy atom. The minimum atomic E-state index is -0.543. The summed E-state index contributed by atoms with van der Waals surface area (Å²) in [7, 11) is 4.93. The third-order valence-corrected chi connectivity index (χ3v) is 4.62. The van der Waals surface area contributed by atoms with Crippen LogP contribution in [0.4, 0.5) is 5.69 Å². The second-order valence-electron chi connectivity index (χ2n) is 6.38.